The molecule has 3 heteroatoms. The summed E-state index contributed by atoms with van der Waals surface area (Å²) in [6.07, 6.45) is 0. The van der Waals surface area contributed by atoms with Crippen molar-refractivity contribution in [3.05, 3.63) is 95.6 Å². The molecule has 0 atom stereocenters. The molecule has 0 spiro atoms. The van der Waals surface area contributed by atoms with Crippen LogP contribution in [-0.4, -0.2) is 4.98 Å². The van der Waals surface area contributed by atoms with E-state index in [1.54, 1.807) is 0 Å². The fourth-order valence-corrected chi connectivity index (χ4v) is 3.06. The molecule has 0 bridgehead atoms. The Morgan fingerprint density at radius 3 is 2.28 bits per heavy atom. The van der Waals surface area contributed by atoms with Gasteiger partial charge in [-0.3, -0.25) is 0 Å². The highest BCUT2D eigenvalue weighted by Crippen LogP contribution is 2.32. The van der Waals surface area contributed by atoms with Crippen LogP contribution < -0.4 is 4.74 Å². The molecule has 0 fully saturated rings. The zero-order valence-electron chi connectivity index (χ0n) is 13.5. The van der Waals surface area contributed by atoms with Crippen molar-refractivity contribution in [1.29, 1.82) is 0 Å². The van der Waals surface area contributed by atoms with Crippen molar-refractivity contribution in [1.82, 2.24) is 4.98 Å². The van der Waals surface area contributed by atoms with Crippen molar-refractivity contribution in [2.75, 3.05) is 0 Å². The number of fused-ring (bicyclic) bond motifs is 1. The first-order chi connectivity index (χ1) is 12.3. The SMILES string of the molecule is Clc1cc(-c2ccccc2)c2cc(OCc3ccccc3)ccc2n1. The highest BCUT2D eigenvalue weighted by Gasteiger charge is 2.08. The molecule has 1 heterocycles. The van der Waals surface area contributed by atoms with Gasteiger partial charge in [0, 0.05) is 5.39 Å². The number of halogens is 1. The van der Waals surface area contributed by atoms with Gasteiger partial charge in [-0.15, -0.1) is 0 Å². The number of rotatable bonds is 4. The van der Waals surface area contributed by atoms with Crippen molar-refractivity contribution >= 4 is 22.5 Å². The summed E-state index contributed by atoms with van der Waals surface area (Å²) in [5.74, 6) is 0.817. The Hall–Kier alpha value is -2.84. The van der Waals surface area contributed by atoms with E-state index in [-0.39, 0.29) is 0 Å². The number of aromatic nitrogens is 1. The first-order valence-corrected chi connectivity index (χ1v) is 8.50. The molecule has 0 radical (unpaired) electrons. The van der Waals surface area contributed by atoms with Crippen LogP contribution in [0.25, 0.3) is 22.0 Å². The third kappa shape index (κ3) is 3.49. The molecule has 0 N–H and O–H groups in total. The third-order valence-electron chi connectivity index (χ3n) is 4.08. The molecular weight excluding hydrogens is 330 g/mol. The molecule has 0 amide bonds. The van der Waals surface area contributed by atoms with Gasteiger partial charge in [-0.1, -0.05) is 72.3 Å². The molecule has 0 aliphatic rings. The monoisotopic (exact) mass is 345 g/mol. The smallest absolute Gasteiger partial charge is 0.130 e. The Kier molecular flexibility index (Phi) is 4.36. The Bertz CT molecular complexity index is 1000. The number of hydrogen-bond acceptors (Lipinski definition) is 2. The van der Waals surface area contributed by atoms with E-state index >= 15 is 0 Å². The Balaban J connectivity index is 1.73. The second kappa shape index (κ2) is 6.96. The summed E-state index contributed by atoms with van der Waals surface area (Å²) < 4.78 is 5.96. The van der Waals surface area contributed by atoms with E-state index in [9.17, 15) is 0 Å². The molecular formula is C22H16ClNO. The normalized spacial score (nSPS) is 10.8. The van der Waals surface area contributed by atoms with Gasteiger partial charge in [-0.2, -0.15) is 0 Å². The molecule has 0 unspecified atom stereocenters. The zero-order valence-corrected chi connectivity index (χ0v) is 14.3. The van der Waals surface area contributed by atoms with Crippen LogP contribution >= 0.6 is 11.6 Å². The molecule has 122 valence electrons. The van der Waals surface area contributed by atoms with Gasteiger partial charge in [0.15, 0.2) is 0 Å². The first-order valence-electron chi connectivity index (χ1n) is 8.12. The average molecular weight is 346 g/mol. The minimum Gasteiger partial charge on any atom is -0.489 e. The minimum atomic E-state index is 0.490. The van der Waals surface area contributed by atoms with Crippen LogP contribution in [-0.2, 0) is 6.61 Å². The zero-order chi connectivity index (χ0) is 17.1. The maximum Gasteiger partial charge on any atom is 0.130 e. The predicted octanol–water partition coefficient (Wildman–Crippen LogP) is 6.13. The molecule has 0 saturated heterocycles. The quantitative estimate of drug-likeness (QED) is 0.415. The van der Waals surface area contributed by atoms with Crippen molar-refractivity contribution in [2.45, 2.75) is 6.61 Å². The summed E-state index contributed by atoms with van der Waals surface area (Å²) in [4.78, 5) is 4.43. The van der Waals surface area contributed by atoms with E-state index in [0.29, 0.717) is 11.8 Å². The van der Waals surface area contributed by atoms with E-state index in [2.05, 4.69) is 29.2 Å². The molecule has 1 aromatic heterocycles. The molecule has 4 rings (SSSR count). The summed E-state index contributed by atoms with van der Waals surface area (Å²) in [5.41, 5.74) is 4.16. The van der Waals surface area contributed by atoms with Crippen molar-refractivity contribution < 1.29 is 4.74 Å². The lowest BCUT2D eigenvalue weighted by Gasteiger charge is -2.11. The van der Waals surface area contributed by atoms with Crippen molar-refractivity contribution in [2.24, 2.45) is 0 Å². The van der Waals surface area contributed by atoms with Gasteiger partial charge in [0.2, 0.25) is 0 Å². The largest absolute Gasteiger partial charge is 0.489 e. The molecule has 0 aliphatic carbocycles. The summed E-state index contributed by atoms with van der Waals surface area (Å²) in [5, 5.41) is 1.52. The maximum atomic E-state index is 6.21. The number of pyridine rings is 1. The standard InChI is InChI=1S/C22H16ClNO/c23-22-14-19(17-9-5-2-6-10-17)20-13-18(11-12-21(20)24-22)25-15-16-7-3-1-4-8-16/h1-14H,15H2. The highest BCUT2D eigenvalue weighted by molar-refractivity contribution is 6.30. The summed E-state index contributed by atoms with van der Waals surface area (Å²) in [7, 11) is 0. The van der Waals surface area contributed by atoms with Crippen molar-refractivity contribution in [3.63, 3.8) is 0 Å². The molecule has 0 saturated carbocycles. The van der Waals surface area contributed by atoms with E-state index in [1.165, 1.54) is 0 Å². The van der Waals surface area contributed by atoms with Crippen LogP contribution in [0.15, 0.2) is 84.9 Å². The van der Waals surface area contributed by atoms with E-state index in [1.807, 2.05) is 60.7 Å². The van der Waals surface area contributed by atoms with E-state index in [4.69, 9.17) is 16.3 Å². The second-order valence-electron chi connectivity index (χ2n) is 5.81. The maximum absolute atomic E-state index is 6.21. The lowest BCUT2D eigenvalue weighted by molar-refractivity contribution is 0.306. The number of benzene rings is 3. The van der Waals surface area contributed by atoms with Crippen molar-refractivity contribution in [3.8, 4) is 16.9 Å². The van der Waals surface area contributed by atoms with Gasteiger partial charge in [0.05, 0.1) is 5.52 Å². The molecule has 2 nitrogen and oxygen atoms in total. The lowest BCUT2D eigenvalue weighted by atomic mass is 10.0. The highest BCUT2D eigenvalue weighted by atomic mass is 35.5. The van der Waals surface area contributed by atoms with Gasteiger partial charge >= 0.3 is 0 Å². The molecule has 0 aliphatic heterocycles. The van der Waals surface area contributed by atoms with E-state index in [0.717, 1.165) is 33.3 Å². The van der Waals surface area contributed by atoms with Gasteiger partial charge in [-0.25, -0.2) is 4.98 Å². The van der Waals surface area contributed by atoms with Gasteiger partial charge in [-0.05, 0) is 41.0 Å². The summed E-state index contributed by atoms with van der Waals surface area (Å²) in [6.45, 7) is 0.536. The van der Waals surface area contributed by atoms with Crippen LogP contribution in [0.4, 0.5) is 0 Å². The fraction of sp³-hybridized carbons (Fsp3) is 0.0455. The topological polar surface area (TPSA) is 22.1 Å². The van der Waals surface area contributed by atoms with E-state index < -0.39 is 0 Å². The predicted molar refractivity (Wildman–Crippen MR) is 103 cm³/mol. The van der Waals surface area contributed by atoms with Crippen LogP contribution in [0.2, 0.25) is 5.15 Å². The average Bonchev–Trinajstić information content (AvgIpc) is 2.67. The first kappa shape index (κ1) is 15.7. The number of ether oxygens (including phenoxy) is 1. The molecule has 25 heavy (non-hydrogen) atoms. The van der Waals surface area contributed by atoms with Crippen LogP contribution in [0.5, 0.6) is 5.75 Å². The number of hydrogen-bond donors (Lipinski definition) is 0. The number of nitrogens with zero attached hydrogens (tertiary/aromatic N) is 1. The third-order valence-corrected chi connectivity index (χ3v) is 4.28. The van der Waals surface area contributed by atoms with Gasteiger partial charge in [0.25, 0.3) is 0 Å². The Morgan fingerprint density at radius 1 is 0.800 bits per heavy atom. The lowest BCUT2D eigenvalue weighted by Crippen LogP contribution is -1.95. The van der Waals surface area contributed by atoms with Gasteiger partial charge < -0.3 is 4.74 Å². The molecule has 3 aromatic carbocycles. The Morgan fingerprint density at radius 2 is 1.52 bits per heavy atom. The summed E-state index contributed by atoms with van der Waals surface area (Å²) >= 11 is 6.21. The van der Waals surface area contributed by atoms with Crippen LogP contribution in [0.3, 0.4) is 0 Å². The second-order valence-corrected chi connectivity index (χ2v) is 6.20. The van der Waals surface area contributed by atoms with Crippen LogP contribution in [0.1, 0.15) is 5.56 Å². The minimum absolute atomic E-state index is 0.490. The summed E-state index contributed by atoms with van der Waals surface area (Å²) in [6, 6.07) is 28.1. The Labute approximate surface area is 151 Å². The molecule has 4 aromatic rings. The van der Waals surface area contributed by atoms with Gasteiger partial charge in [0.1, 0.15) is 17.5 Å². The fourth-order valence-electron chi connectivity index (χ4n) is 2.86. The van der Waals surface area contributed by atoms with Crippen LogP contribution in [0, 0.1) is 0 Å².